The number of ether oxygens (including phenoxy) is 1. The van der Waals surface area contributed by atoms with Crippen molar-refractivity contribution in [3.05, 3.63) is 71.0 Å². The average Bonchev–Trinajstić information content (AvgIpc) is 3.26. The molecule has 5 nitrogen and oxygen atoms in total. The van der Waals surface area contributed by atoms with Crippen molar-refractivity contribution < 1.29 is 13.9 Å². The van der Waals surface area contributed by atoms with Gasteiger partial charge in [0, 0.05) is 19.5 Å². The van der Waals surface area contributed by atoms with Crippen LogP contribution in [0.5, 0.6) is 0 Å². The molecule has 0 N–H and O–H groups in total. The highest BCUT2D eigenvalue weighted by Gasteiger charge is 2.21. The fourth-order valence-corrected chi connectivity index (χ4v) is 3.97. The fourth-order valence-electron chi connectivity index (χ4n) is 3.97. The zero-order chi connectivity index (χ0) is 20.8. The number of hydrazone groups is 1. The Morgan fingerprint density at radius 1 is 1.03 bits per heavy atom. The zero-order valence-corrected chi connectivity index (χ0v) is 17.2. The summed E-state index contributed by atoms with van der Waals surface area (Å²) < 4.78 is 18.5. The Labute approximate surface area is 177 Å². The zero-order valence-electron chi connectivity index (χ0n) is 17.2. The first-order chi connectivity index (χ1) is 14.7. The van der Waals surface area contributed by atoms with E-state index in [9.17, 15) is 9.18 Å². The summed E-state index contributed by atoms with van der Waals surface area (Å²) in [5.41, 5.74) is 3.99. The Hall–Kier alpha value is -2.57. The van der Waals surface area contributed by atoms with Gasteiger partial charge < -0.3 is 4.74 Å². The predicted octanol–water partition coefficient (Wildman–Crippen LogP) is 3.27. The molecule has 0 unspecified atom stereocenters. The molecule has 0 bridgehead atoms. The van der Waals surface area contributed by atoms with Gasteiger partial charge in [-0.05, 0) is 48.2 Å². The van der Waals surface area contributed by atoms with Crippen LogP contribution in [0.15, 0.2) is 53.6 Å². The lowest BCUT2D eigenvalue weighted by molar-refractivity contribution is -0.130. The Morgan fingerprint density at radius 2 is 1.80 bits per heavy atom. The van der Waals surface area contributed by atoms with Crippen LogP contribution in [0, 0.1) is 5.82 Å². The van der Waals surface area contributed by atoms with Crippen molar-refractivity contribution in [2.24, 2.45) is 5.10 Å². The molecular weight excluding hydrogens is 381 g/mol. The maximum Gasteiger partial charge on any atom is 0.247 e. The molecule has 2 aliphatic rings. The van der Waals surface area contributed by atoms with E-state index in [1.54, 1.807) is 17.1 Å². The number of nitrogens with zero attached hydrogens (tertiary/aromatic N) is 3. The van der Waals surface area contributed by atoms with Crippen LogP contribution in [0.3, 0.4) is 0 Å². The second-order valence-electron chi connectivity index (χ2n) is 7.87. The third-order valence-electron chi connectivity index (χ3n) is 5.66. The van der Waals surface area contributed by atoms with Gasteiger partial charge in [-0.3, -0.25) is 9.69 Å². The smallest absolute Gasteiger partial charge is 0.247 e. The quantitative estimate of drug-likeness (QED) is 0.705. The number of hydrogen-bond acceptors (Lipinski definition) is 4. The Balaban J connectivity index is 1.30. The molecule has 2 aromatic rings. The Bertz CT molecular complexity index is 892. The van der Waals surface area contributed by atoms with Gasteiger partial charge in [-0.15, -0.1) is 0 Å². The molecule has 0 spiro atoms. The molecule has 2 aromatic carbocycles. The molecule has 6 heteroatoms. The van der Waals surface area contributed by atoms with Crippen molar-refractivity contribution in [3.63, 3.8) is 0 Å². The molecule has 0 saturated carbocycles. The van der Waals surface area contributed by atoms with E-state index in [1.807, 2.05) is 12.1 Å². The minimum atomic E-state index is -0.268. The van der Waals surface area contributed by atoms with E-state index >= 15 is 0 Å². The minimum absolute atomic E-state index is 0.00224. The monoisotopic (exact) mass is 409 g/mol. The van der Waals surface area contributed by atoms with E-state index in [-0.39, 0.29) is 11.7 Å². The van der Waals surface area contributed by atoms with Gasteiger partial charge >= 0.3 is 0 Å². The minimum Gasteiger partial charge on any atom is -0.379 e. The summed E-state index contributed by atoms with van der Waals surface area (Å²) in [7, 11) is 0. The van der Waals surface area contributed by atoms with Crippen LogP contribution >= 0.6 is 0 Å². The number of rotatable bonds is 7. The third kappa shape index (κ3) is 5.52. The molecule has 1 amide bonds. The van der Waals surface area contributed by atoms with Gasteiger partial charge in [-0.1, -0.05) is 36.4 Å². The maximum absolute atomic E-state index is 13.1. The van der Waals surface area contributed by atoms with Gasteiger partial charge in [-0.25, -0.2) is 9.40 Å². The molecule has 4 rings (SSSR count). The van der Waals surface area contributed by atoms with Crippen molar-refractivity contribution in [2.75, 3.05) is 39.4 Å². The van der Waals surface area contributed by atoms with E-state index in [2.05, 4.69) is 22.1 Å². The van der Waals surface area contributed by atoms with Gasteiger partial charge in [-0.2, -0.15) is 5.10 Å². The molecule has 2 aliphatic heterocycles. The van der Waals surface area contributed by atoms with Crippen LogP contribution in [0.25, 0.3) is 0 Å². The van der Waals surface area contributed by atoms with Crippen molar-refractivity contribution in [2.45, 2.75) is 25.7 Å². The number of carbonyl (C=O) groups excluding carboxylic acids is 1. The van der Waals surface area contributed by atoms with Crippen LogP contribution in [0.1, 0.15) is 29.5 Å². The molecule has 158 valence electrons. The molecule has 1 saturated heterocycles. The summed E-state index contributed by atoms with van der Waals surface area (Å²) >= 11 is 0. The van der Waals surface area contributed by atoms with Gasteiger partial charge in [0.1, 0.15) is 5.82 Å². The van der Waals surface area contributed by atoms with Crippen LogP contribution in [0.2, 0.25) is 0 Å². The van der Waals surface area contributed by atoms with E-state index in [0.29, 0.717) is 19.4 Å². The summed E-state index contributed by atoms with van der Waals surface area (Å²) in [5.74, 6) is -0.271. The number of morpholine rings is 1. The molecule has 0 aliphatic carbocycles. The summed E-state index contributed by atoms with van der Waals surface area (Å²) in [6.07, 6.45) is 3.15. The lowest BCUT2D eigenvalue weighted by atomic mass is 10.0. The molecule has 0 aromatic heterocycles. The van der Waals surface area contributed by atoms with E-state index < -0.39 is 0 Å². The summed E-state index contributed by atoms with van der Waals surface area (Å²) in [4.78, 5) is 15.2. The average molecular weight is 410 g/mol. The van der Waals surface area contributed by atoms with Crippen LogP contribution in [0.4, 0.5) is 4.39 Å². The topological polar surface area (TPSA) is 45.1 Å². The summed E-state index contributed by atoms with van der Waals surface area (Å²) in [5, 5.41) is 6.02. The molecule has 0 atom stereocenters. The summed E-state index contributed by atoms with van der Waals surface area (Å²) in [6, 6.07) is 14.6. The molecule has 0 radical (unpaired) electrons. The number of benzene rings is 2. The predicted molar refractivity (Wildman–Crippen MR) is 115 cm³/mol. The number of aryl methyl sites for hydroxylation is 1. The second-order valence-corrected chi connectivity index (χ2v) is 7.87. The largest absolute Gasteiger partial charge is 0.379 e. The number of halogens is 1. The highest BCUT2D eigenvalue weighted by Crippen LogP contribution is 2.17. The molecular formula is C24H28FN3O2. The number of hydrogen-bond donors (Lipinski definition) is 0. The van der Waals surface area contributed by atoms with Crippen molar-refractivity contribution in [1.29, 1.82) is 0 Å². The van der Waals surface area contributed by atoms with Crippen molar-refractivity contribution in [1.82, 2.24) is 9.91 Å². The normalized spacial score (nSPS) is 17.2. The van der Waals surface area contributed by atoms with Crippen LogP contribution < -0.4 is 0 Å². The van der Waals surface area contributed by atoms with Crippen molar-refractivity contribution in [3.8, 4) is 0 Å². The van der Waals surface area contributed by atoms with Crippen LogP contribution in [-0.4, -0.2) is 60.9 Å². The lowest BCUT2D eigenvalue weighted by Gasteiger charge is -2.26. The lowest BCUT2D eigenvalue weighted by Crippen LogP contribution is -2.36. The first-order valence-corrected chi connectivity index (χ1v) is 10.7. The second kappa shape index (κ2) is 9.96. The van der Waals surface area contributed by atoms with Crippen LogP contribution in [-0.2, 0) is 22.4 Å². The standard InChI is InChI=1S/C24H28FN3O2/c25-22-8-6-21(7-9-22)23-10-12-28(26-23)24(29)18-20-4-1-3-19(17-20)5-2-11-27-13-15-30-16-14-27/h1,3-4,6-9,17H,2,5,10-16,18H2. The highest BCUT2D eigenvalue weighted by molar-refractivity contribution is 6.02. The van der Waals surface area contributed by atoms with E-state index in [0.717, 1.165) is 62.5 Å². The first kappa shape index (κ1) is 20.7. The molecule has 1 fully saturated rings. The van der Waals surface area contributed by atoms with Gasteiger partial charge in [0.25, 0.3) is 0 Å². The summed E-state index contributed by atoms with van der Waals surface area (Å²) in [6.45, 7) is 5.36. The maximum atomic E-state index is 13.1. The Morgan fingerprint density at radius 3 is 2.60 bits per heavy atom. The third-order valence-corrected chi connectivity index (χ3v) is 5.66. The SMILES string of the molecule is O=C(Cc1cccc(CCCN2CCOCC2)c1)N1CCC(c2ccc(F)cc2)=N1. The number of amides is 1. The van der Waals surface area contributed by atoms with Gasteiger partial charge in [0.2, 0.25) is 5.91 Å². The highest BCUT2D eigenvalue weighted by atomic mass is 19.1. The van der Waals surface area contributed by atoms with Crippen molar-refractivity contribution >= 4 is 11.6 Å². The van der Waals surface area contributed by atoms with Gasteiger partial charge in [0.05, 0.1) is 31.9 Å². The molecule has 30 heavy (non-hydrogen) atoms. The molecule has 2 heterocycles. The number of carbonyl (C=O) groups is 1. The first-order valence-electron chi connectivity index (χ1n) is 10.7. The van der Waals surface area contributed by atoms with E-state index in [4.69, 9.17) is 4.74 Å². The Kier molecular flexibility index (Phi) is 6.87. The van der Waals surface area contributed by atoms with E-state index in [1.165, 1.54) is 17.7 Å². The van der Waals surface area contributed by atoms with Gasteiger partial charge in [0.15, 0.2) is 0 Å². The fraction of sp³-hybridized carbons (Fsp3) is 0.417.